The van der Waals surface area contributed by atoms with Gasteiger partial charge in [0, 0.05) is 30.6 Å². The van der Waals surface area contributed by atoms with Crippen molar-refractivity contribution in [3.05, 3.63) is 70.9 Å². The zero-order valence-electron chi connectivity index (χ0n) is 24.6. The minimum Gasteiger partial charge on any atom is -0.403 e. The van der Waals surface area contributed by atoms with Crippen molar-refractivity contribution in [2.24, 2.45) is 0 Å². The number of sulfonamides is 1. The van der Waals surface area contributed by atoms with Gasteiger partial charge in [-0.15, -0.1) is 0 Å². The third-order valence-corrected chi connectivity index (χ3v) is 10.7. The Kier molecular flexibility index (Phi) is 8.33. The third-order valence-electron chi connectivity index (χ3n) is 8.62. The number of nitrogens with zero attached hydrogens (tertiary/aromatic N) is 5. The summed E-state index contributed by atoms with van der Waals surface area (Å²) in [7, 11) is -4.18. The van der Waals surface area contributed by atoms with Gasteiger partial charge in [-0.1, -0.05) is 23.4 Å². The fourth-order valence-corrected chi connectivity index (χ4v) is 8.38. The number of rotatable bonds is 7. The number of alkyl halides is 3. The summed E-state index contributed by atoms with van der Waals surface area (Å²) in [5.41, 5.74) is 2.93. The molecule has 2 aliphatic heterocycles. The van der Waals surface area contributed by atoms with E-state index in [-0.39, 0.29) is 53.6 Å². The maximum Gasteiger partial charge on any atom is 0.491 e. The predicted molar refractivity (Wildman–Crippen MR) is 152 cm³/mol. The van der Waals surface area contributed by atoms with Crippen LogP contribution in [-0.4, -0.2) is 91.3 Å². The zero-order valence-corrected chi connectivity index (χ0v) is 25.4. The van der Waals surface area contributed by atoms with Crippen LogP contribution in [0.2, 0.25) is 0 Å². The summed E-state index contributed by atoms with van der Waals surface area (Å²) < 4.78 is 80.6. The Hall–Kier alpha value is -3.82. The maximum atomic E-state index is 14.1. The molecule has 4 atom stereocenters. The van der Waals surface area contributed by atoms with E-state index in [0.29, 0.717) is 23.2 Å². The highest BCUT2D eigenvalue weighted by atomic mass is 32.2. The lowest BCUT2D eigenvalue weighted by atomic mass is 9.89. The summed E-state index contributed by atoms with van der Waals surface area (Å²) in [5, 5.41) is 3.81. The fraction of sp³-hybridized carbons (Fsp3) is 0.448. The van der Waals surface area contributed by atoms with Crippen LogP contribution in [0.1, 0.15) is 34.1 Å². The number of piperazine rings is 1. The molecule has 0 saturated carbocycles. The maximum absolute atomic E-state index is 14.1. The van der Waals surface area contributed by atoms with Gasteiger partial charge in [-0.05, 0) is 44.9 Å². The van der Waals surface area contributed by atoms with Gasteiger partial charge in [0.15, 0.2) is 5.76 Å². The van der Waals surface area contributed by atoms with E-state index in [1.165, 1.54) is 23.1 Å². The molecule has 5 rings (SSSR count). The fourth-order valence-electron chi connectivity index (χ4n) is 6.60. The van der Waals surface area contributed by atoms with Crippen molar-refractivity contribution in [1.82, 2.24) is 23.8 Å². The van der Waals surface area contributed by atoms with Crippen LogP contribution in [0.25, 0.3) is 0 Å². The first-order chi connectivity index (χ1) is 20.7. The van der Waals surface area contributed by atoms with Gasteiger partial charge in [-0.3, -0.25) is 9.78 Å². The van der Waals surface area contributed by atoms with Crippen molar-refractivity contribution in [1.29, 1.82) is 0 Å². The second-order valence-electron chi connectivity index (χ2n) is 11.3. The Bertz CT molecular complexity index is 1650. The van der Waals surface area contributed by atoms with E-state index in [0.717, 1.165) is 5.56 Å². The van der Waals surface area contributed by atoms with E-state index >= 15 is 0 Å². The van der Waals surface area contributed by atoms with E-state index in [1.807, 2.05) is 25.1 Å². The van der Waals surface area contributed by atoms with Gasteiger partial charge in [0.25, 0.3) is 6.23 Å². The highest BCUT2D eigenvalue weighted by molar-refractivity contribution is 7.89. The van der Waals surface area contributed by atoms with E-state index in [9.17, 15) is 31.2 Å². The number of pyridine rings is 1. The van der Waals surface area contributed by atoms with Crippen molar-refractivity contribution in [2.75, 3.05) is 32.7 Å². The van der Waals surface area contributed by atoms with Gasteiger partial charge < -0.3 is 14.2 Å². The summed E-state index contributed by atoms with van der Waals surface area (Å²) in [6.07, 6.45) is -3.13. The third kappa shape index (κ3) is 5.48. The molecule has 11 nitrogen and oxygen atoms in total. The van der Waals surface area contributed by atoms with Crippen LogP contribution in [0.3, 0.4) is 0 Å². The van der Waals surface area contributed by atoms with Crippen LogP contribution < -0.4 is 4.48 Å². The number of hydrogen-bond acceptors (Lipinski definition) is 8. The average molecular weight is 637 g/mol. The number of aromatic nitrogens is 2. The Morgan fingerprint density at radius 1 is 1.14 bits per heavy atom. The molecule has 1 amide bonds. The van der Waals surface area contributed by atoms with E-state index in [4.69, 9.17) is 9.26 Å². The number of amides is 1. The second-order valence-corrected chi connectivity index (χ2v) is 13.2. The Balaban J connectivity index is 1.74. The molecule has 2 aliphatic rings. The Morgan fingerprint density at radius 2 is 1.89 bits per heavy atom. The number of aryl methyl sites for hydroxylation is 4. The number of halogens is 3. The number of ether oxygens (including phenoxy) is 1. The van der Waals surface area contributed by atoms with Crippen LogP contribution >= 0.6 is 0 Å². The lowest BCUT2D eigenvalue weighted by Gasteiger charge is -2.53. The molecule has 0 radical (unpaired) electrons. The van der Waals surface area contributed by atoms with Gasteiger partial charge in [-0.25, -0.2) is 17.7 Å². The van der Waals surface area contributed by atoms with Gasteiger partial charge in [0.2, 0.25) is 16.4 Å². The van der Waals surface area contributed by atoms with Crippen LogP contribution in [0.15, 0.2) is 52.1 Å². The highest BCUT2D eigenvalue weighted by Crippen LogP contribution is 2.46. The molecule has 2 aromatic heterocycles. The Morgan fingerprint density at radius 3 is 2.50 bits per heavy atom. The molecule has 236 valence electrons. The molecule has 4 heterocycles. The molecule has 1 aromatic carbocycles. The number of benzene rings is 1. The zero-order chi connectivity index (χ0) is 32.0. The first-order valence-corrected chi connectivity index (χ1v) is 15.4. The monoisotopic (exact) mass is 636 g/mol. The van der Waals surface area contributed by atoms with Crippen LogP contribution in [0, 0.1) is 27.7 Å². The summed E-state index contributed by atoms with van der Waals surface area (Å²) in [6.45, 7) is 6.33. The van der Waals surface area contributed by atoms with Gasteiger partial charge in [-0.2, -0.15) is 17.5 Å². The van der Waals surface area contributed by atoms with Gasteiger partial charge in [0.1, 0.15) is 35.4 Å². The van der Waals surface area contributed by atoms with Gasteiger partial charge in [0.05, 0.1) is 19.0 Å². The second kappa shape index (κ2) is 11.6. The highest BCUT2D eigenvalue weighted by Gasteiger charge is 2.60. The lowest BCUT2D eigenvalue weighted by molar-refractivity contribution is -0.217. The smallest absolute Gasteiger partial charge is 0.403 e. The first-order valence-electron chi connectivity index (χ1n) is 14.0. The number of quaternary nitrogens is 1. The summed E-state index contributed by atoms with van der Waals surface area (Å²) in [4.78, 5) is 29.7. The number of carbonyl (C=O) groups excluding carboxylic acids is 2. The molecule has 0 aliphatic carbocycles. The number of carbonyl (C=O) groups is 2. The topological polar surface area (TPSA) is 123 Å². The standard InChI is InChI=1S/C29H33F3N5O6S/c1-18-7-8-19(2)24(12-18)37(11-10-35(17-38)16-26(37)42-28(39)29(30,31)32)25-15-36(14-23(25)22-6-5-9-33-13-22)44(40,41)27-20(3)34-43-21(27)4/h5-9,12-13,17,23,25-26H,10-11,14-16H2,1-4H3/q+1/t23-,25+,26?,37+/m1/s1. The molecule has 0 bridgehead atoms. The minimum atomic E-state index is -5.29. The quantitative estimate of drug-likeness (QED) is 0.220. The van der Waals surface area contributed by atoms with Crippen LogP contribution in [0.5, 0.6) is 0 Å². The van der Waals surface area contributed by atoms with Crippen molar-refractivity contribution in [2.45, 2.75) is 57.0 Å². The molecular formula is C29H33F3N5O6S+. The molecule has 1 unspecified atom stereocenters. The summed E-state index contributed by atoms with van der Waals surface area (Å²) in [6, 6.07) is 8.24. The molecular weight excluding hydrogens is 603 g/mol. The molecule has 3 aromatic rings. The Labute approximate surface area is 252 Å². The minimum absolute atomic E-state index is 0.0368. The SMILES string of the molecule is Cc1ccc(C)c([N@+]2([C@H]3CN(S(=O)(=O)c4c(C)noc4C)C[C@@H]3c3cccnc3)CCN(C=O)CC2OC(=O)C(F)(F)F)c1. The number of hydrogen-bond donors (Lipinski definition) is 0. The van der Waals surface area contributed by atoms with Crippen molar-refractivity contribution >= 4 is 28.1 Å². The van der Waals surface area contributed by atoms with Crippen LogP contribution in [0.4, 0.5) is 18.9 Å². The van der Waals surface area contributed by atoms with Gasteiger partial charge >= 0.3 is 12.1 Å². The van der Waals surface area contributed by atoms with E-state index < -0.39 is 40.4 Å². The molecule has 2 saturated heterocycles. The van der Waals surface area contributed by atoms with Crippen LogP contribution in [-0.2, 0) is 24.3 Å². The largest absolute Gasteiger partial charge is 0.491 e. The van der Waals surface area contributed by atoms with Crippen molar-refractivity contribution < 1.29 is 40.4 Å². The van der Waals surface area contributed by atoms with Crippen molar-refractivity contribution in [3.8, 4) is 0 Å². The average Bonchev–Trinajstić information content (AvgIpc) is 3.59. The summed E-state index contributed by atoms with van der Waals surface area (Å²) in [5.74, 6) is -2.87. The normalized spacial score (nSPS) is 24.8. The lowest BCUT2D eigenvalue weighted by Crippen LogP contribution is -2.73. The summed E-state index contributed by atoms with van der Waals surface area (Å²) >= 11 is 0. The molecule has 2 fully saturated rings. The molecule has 15 heteroatoms. The molecule has 0 N–H and O–H groups in total. The van der Waals surface area contributed by atoms with E-state index in [1.54, 1.807) is 31.5 Å². The predicted octanol–water partition coefficient (Wildman–Crippen LogP) is 3.37. The van der Waals surface area contributed by atoms with Crippen molar-refractivity contribution in [3.63, 3.8) is 0 Å². The molecule has 0 spiro atoms. The molecule has 44 heavy (non-hydrogen) atoms. The van der Waals surface area contributed by atoms with E-state index in [2.05, 4.69) is 10.1 Å². The first kappa shape index (κ1) is 31.6. The number of esters is 1.